The van der Waals surface area contributed by atoms with E-state index in [2.05, 4.69) is 15.9 Å². The summed E-state index contributed by atoms with van der Waals surface area (Å²) in [6, 6.07) is 5.63. The first kappa shape index (κ1) is 14.2. The Balaban J connectivity index is 2.13. The Bertz CT molecular complexity index is 456. The summed E-state index contributed by atoms with van der Waals surface area (Å²) in [5.74, 6) is 0. The van der Waals surface area contributed by atoms with E-state index in [0.29, 0.717) is 5.69 Å². The third kappa shape index (κ3) is 3.41. The van der Waals surface area contributed by atoms with Crippen LogP contribution in [0.4, 0.5) is 16.2 Å². The van der Waals surface area contributed by atoms with E-state index in [4.69, 9.17) is 5.73 Å². The highest BCUT2D eigenvalue weighted by molar-refractivity contribution is 9.10. The summed E-state index contributed by atoms with van der Waals surface area (Å²) in [5, 5.41) is 0. The molecular formula is C14H20BrN3O. The average molecular weight is 326 g/mol. The minimum atomic E-state index is 0.0379. The number of carbonyl (C=O) groups excluding carboxylic acids is 1. The van der Waals surface area contributed by atoms with Crippen LogP contribution in [0, 0.1) is 0 Å². The predicted octanol–water partition coefficient (Wildman–Crippen LogP) is 3.46. The van der Waals surface area contributed by atoms with Gasteiger partial charge in [-0.1, -0.05) is 28.8 Å². The smallest absolute Gasteiger partial charge is 0.324 e. The number of urea groups is 1. The van der Waals surface area contributed by atoms with Gasteiger partial charge in [0.05, 0.1) is 11.4 Å². The first-order chi connectivity index (χ1) is 9.09. The lowest BCUT2D eigenvalue weighted by Crippen LogP contribution is -2.42. The average Bonchev–Trinajstić information content (AvgIpc) is 2.66. The van der Waals surface area contributed by atoms with Crippen LogP contribution in [0.1, 0.15) is 25.7 Å². The molecule has 0 radical (unpaired) electrons. The number of benzene rings is 1. The molecule has 1 saturated heterocycles. The summed E-state index contributed by atoms with van der Waals surface area (Å²) >= 11 is 3.38. The summed E-state index contributed by atoms with van der Waals surface area (Å²) < 4.78 is 0.921. The minimum Gasteiger partial charge on any atom is -0.397 e. The lowest BCUT2D eigenvalue weighted by atomic mass is 10.2. The van der Waals surface area contributed by atoms with Crippen molar-refractivity contribution < 1.29 is 4.79 Å². The molecule has 1 aliphatic heterocycles. The van der Waals surface area contributed by atoms with Gasteiger partial charge in [-0.25, -0.2) is 4.79 Å². The number of nitrogens with two attached hydrogens (primary N) is 1. The molecular weight excluding hydrogens is 306 g/mol. The van der Waals surface area contributed by atoms with Crippen molar-refractivity contribution >= 4 is 33.3 Å². The zero-order valence-corrected chi connectivity index (χ0v) is 12.8. The maximum absolute atomic E-state index is 12.5. The number of rotatable bonds is 1. The largest absolute Gasteiger partial charge is 0.397 e. The van der Waals surface area contributed by atoms with Crippen molar-refractivity contribution in [1.82, 2.24) is 4.90 Å². The van der Waals surface area contributed by atoms with Gasteiger partial charge in [-0.05, 0) is 31.0 Å². The van der Waals surface area contributed by atoms with Gasteiger partial charge in [0.2, 0.25) is 0 Å². The van der Waals surface area contributed by atoms with Crippen molar-refractivity contribution in [3.05, 3.63) is 22.7 Å². The highest BCUT2D eigenvalue weighted by Gasteiger charge is 2.21. The Labute approximate surface area is 122 Å². The number of nitrogens with zero attached hydrogens (tertiary/aromatic N) is 2. The molecule has 0 saturated carbocycles. The fourth-order valence-corrected chi connectivity index (χ4v) is 2.79. The van der Waals surface area contributed by atoms with Crippen LogP contribution >= 0.6 is 15.9 Å². The highest BCUT2D eigenvalue weighted by Crippen LogP contribution is 2.27. The van der Waals surface area contributed by atoms with Crippen molar-refractivity contribution in [3.8, 4) is 0 Å². The first-order valence-corrected chi connectivity index (χ1v) is 7.46. The third-order valence-corrected chi connectivity index (χ3v) is 4.01. The molecule has 1 fully saturated rings. The predicted molar refractivity (Wildman–Crippen MR) is 82.4 cm³/mol. The molecule has 2 N–H and O–H groups in total. The first-order valence-electron chi connectivity index (χ1n) is 6.67. The molecule has 0 spiro atoms. The molecule has 1 aliphatic rings. The molecule has 0 aliphatic carbocycles. The second-order valence-corrected chi connectivity index (χ2v) is 5.86. The number of hydrogen-bond donors (Lipinski definition) is 1. The van der Waals surface area contributed by atoms with E-state index in [-0.39, 0.29) is 6.03 Å². The van der Waals surface area contributed by atoms with Crippen LogP contribution in [0.3, 0.4) is 0 Å². The normalized spacial score (nSPS) is 16.0. The van der Waals surface area contributed by atoms with Gasteiger partial charge in [0, 0.05) is 24.6 Å². The molecule has 2 amide bonds. The number of amides is 2. The number of likely N-dealkylation sites (tertiary alicyclic amines) is 1. The van der Waals surface area contributed by atoms with Gasteiger partial charge >= 0.3 is 6.03 Å². The molecule has 2 rings (SSSR count). The van der Waals surface area contributed by atoms with Crippen LogP contribution in [0.2, 0.25) is 0 Å². The van der Waals surface area contributed by atoms with E-state index >= 15 is 0 Å². The van der Waals surface area contributed by atoms with Crippen LogP contribution in [-0.2, 0) is 0 Å². The molecule has 104 valence electrons. The van der Waals surface area contributed by atoms with E-state index in [1.807, 2.05) is 23.1 Å². The van der Waals surface area contributed by atoms with Gasteiger partial charge in [-0.3, -0.25) is 4.90 Å². The van der Waals surface area contributed by atoms with Gasteiger partial charge in [0.1, 0.15) is 0 Å². The monoisotopic (exact) mass is 325 g/mol. The number of carbonyl (C=O) groups is 1. The van der Waals surface area contributed by atoms with E-state index in [1.54, 1.807) is 11.9 Å². The van der Waals surface area contributed by atoms with Crippen molar-refractivity contribution in [2.75, 3.05) is 30.8 Å². The van der Waals surface area contributed by atoms with Crippen molar-refractivity contribution in [1.29, 1.82) is 0 Å². The van der Waals surface area contributed by atoms with Crippen LogP contribution < -0.4 is 10.6 Å². The molecule has 1 aromatic carbocycles. The standard InChI is InChI=1S/C14H20BrN3O/c1-17(13-7-6-11(15)10-12(13)16)14(19)18-8-4-2-3-5-9-18/h6-7,10H,2-5,8-9,16H2,1H3. The van der Waals surface area contributed by atoms with Crippen molar-refractivity contribution in [2.24, 2.45) is 0 Å². The van der Waals surface area contributed by atoms with Crippen LogP contribution in [0.5, 0.6) is 0 Å². The summed E-state index contributed by atoms with van der Waals surface area (Å²) in [6.07, 6.45) is 4.62. The van der Waals surface area contributed by atoms with E-state index in [9.17, 15) is 4.79 Å². The Hall–Kier alpha value is -1.23. The van der Waals surface area contributed by atoms with Gasteiger partial charge in [-0.2, -0.15) is 0 Å². The second kappa shape index (κ2) is 6.28. The summed E-state index contributed by atoms with van der Waals surface area (Å²) in [7, 11) is 1.78. The lowest BCUT2D eigenvalue weighted by Gasteiger charge is -2.27. The number of hydrogen-bond acceptors (Lipinski definition) is 2. The van der Waals surface area contributed by atoms with Crippen LogP contribution in [0.15, 0.2) is 22.7 Å². The molecule has 0 unspecified atom stereocenters. The molecule has 1 heterocycles. The zero-order chi connectivity index (χ0) is 13.8. The quantitative estimate of drug-likeness (QED) is 0.804. The third-order valence-electron chi connectivity index (χ3n) is 3.51. The van der Waals surface area contributed by atoms with Gasteiger partial charge in [-0.15, -0.1) is 0 Å². The van der Waals surface area contributed by atoms with Gasteiger partial charge < -0.3 is 10.6 Å². The maximum Gasteiger partial charge on any atom is 0.324 e. The molecule has 5 heteroatoms. The Morgan fingerprint density at radius 2 is 1.89 bits per heavy atom. The van der Waals surface area contributed by atoms with E-state index in [1.165, 1.54) is 12.8 Å². The lowest BCUT2D eigenvalue weighted by molar-refractivity contribution is 0.208. The maximum atomic E-state index is 12.5. The van der Waals surface area contributed by atoms with E-state index < -0.39 is 0 Å². The molecule has 19 heavy (non-hydrogen) atoms. The second-order valence-electron chi connectivity index (χ2n) is 4.95. The molecule has 4 nitrogen and oxygen atoms in total. The van der Waals surface area contributed by atoms with Crippen LogP contribution in [-0.4, -0.2) is 31.1 Å². The van der Waals surface area contributed by atoms with Gasteiger partial charge in [0.15, 0.2) is 0 Å². The van der Waals surface area contributed by atoms with Crippen LogP contribution in [0.25, 0.3) is 0 Å². The van der Waals surface area contributed by atoms with Crippen molar-refractivity contribution in [2.45, 2.75) is 25.7 Å². The fraction of sp³-hybridized carbons (Fsp3) is 0.500. The molecule has 0 bridgehead atoms. The molecule has 1 aromatic rings. The van der Waals surface area contributed by atoms with Crippen molar-refractivity contribution in [3.63, 3.8) is 0 Å². The highest BCUT2D eigenvalue weighted by atomic mass is 79.9. The number of anilines is 2. The number of nitrogen functional groups attached to an aromatic ring is 1. The molecule has 0 aromatic heterocycles. The summed E-state index contributed by atoms with van der Waals surface area (Å²) in [6.45, 7) is 1.69. The SMILES string of the molecule is CN(C(=O)N1CCCCCC1)c1ccc(Br)cc1N. The molecule has 0 atom stereocenters. The Morgan fingerprint density at radius 3 is 2.47 bits per heavy atom. The summed E-state index contributed by atoms with van der Waals surface area (Å²) in [4.78, 5) is 16.0. The zero-order valence-electron chi connectivity index (χ0n) is 11.2. The number of halogens is 1. The topological polar surface area (TPSA) is 49.6 Å². The Kier molecular flexibility index (Phi) is 4.69. The summed E-state index contributed by atoms with van der Waals surface area (Å²) in [5.41, 5.74) is 7.35. The Morgan fingerprint density at radius 1 is 1.26 bits per heavy atom. The fourth-order valence-electron chi connectivity index (χ4n) is 2.41. The van der Waals surface area contributed by atoms with E-state index in [0.717, 1.165) is 36.1 Å². The minimum absolute atomic E-state index is 0.0379. The van der Waals surface area contributed by atoms with Gasteiger partial charge in [0.25, 0.3) is 0 Å².